The molecule has 18 heavy (non-hydrogen) atoms. The van der Waals surface area contributed by atoms with Crippen molar-refractivity contribution in [1.82, 2.24) is 9.97 Å². The third-order valence-electron chi connectivity index (χ3n) is 3.35. The van der Waals surface area contributed by atoms with E-state index in [2.05, 4.69) is 37.5 Å². The summed E-state index contributed by atoms with van der Waals surface area (Å²) in [5.74, 6) is 0.808. The van der Waals surface area contributed by atoms with Gasteiger partial charge in [-0.1, -0.05) is 12.8 Å². The minimum absolute atomic E-state index is 0.264. The summed E-state index contributed by atoms with van der Waals surface area (Å²) in [5, 5.41) is 9.64. The fourth-order valence-electron chi connectivity index (χ4n) is 2.53. The molecule has 0 aliphatic carbocycles. The second-order valence-electron chi connectivity index (χ2n) is 4.98. The highest BCUT2D eigenvalue weighted by Gasteiger charge is 2.24. The van der Waals surface area contributed by atoms with Crippen LogP contribution in [0.1, 0.15) is 39.0 Å². The van der Waals surface area contributed by atoms with Gasteiger partial charge in [0.1, 0.15) is 0 Å². The van der Waals surface area contributed by atoms with Crippen molar-refractivity contribution in [2.45, 2.75) is 51.2 Å². The highest BCUT2D eigenvalue weighted by molar-refractivity contribution is 14.1. The summed E-state index contributed by atoms with van der Waals surface area (Å²) in [6.45, 7) is 2.86. The second-order valence-corrected chi connectivity index (χ2v) is 6.23. The number of aliphatic hydroxyl groups excluding tert-OH is 1. The van der Waals surface area contributed by atoms with Crippen molar-refractivity contribution in [1.29, 1.82) is 0 Å². The predicted octanol–water partition coefficient (Wildman–Crippen LogP) is 2.60. The number of hydrogen-bond acceptors (Lipinski definition) is 4. The maximum absolute atomic E-state index is 9.64. The number of hydrogen-bond donors (Lipinski definition) is 1. The molecule has 1 N–H and O–H groups in total. The quantitative estimate of drug-likeness (QED) is 0.841. The topological polar surface area (TPSA) is 49.2 Å². The summed E-state index contributed by atoms with van der Waals surface area (Å²) in [6.07, 6.45) is 9.05. The van der Waals surface area contributed by atoms with E-state index < -0.39 is 0 Å². The zero-order valence-corrected chi connectivity index (χ0v) is 12.9. The Morgan fingerprint density at radius 2 is 2.11 bits per heavy atom. The molecule has 2 heterocycles. The van der Waals surface area contributed by atoms with Gasteiger partial charge in [-0.05, 0) is 48.8 Å². The van der Waals surface area contributed by atoms with Gasteiger partial charge in [0.15, 0.2) is 0 Å². The van der Waals surface area contributed by atoms with Crippen molar-refractivity contribution in [2.75, 3.05) is 11.4 Å². The van der Waals surface area contributed by atoms with E-state index >= 15 is 0 Å². The molecular formula is C13H20IN3O. The molecule has 1 aliphatic rings. The van der Waals surface area contributed by atoms with Crippen LogP contribution in [0.2, 0.25) is 0 Å². The molecule has 1 fully saturated rings. The molecule has 1 aliphatic heterocycles. The van der Waals surface area contributed by atoms with Crippen molar-refractivity contribution in [3.8, 4) is 0 Å². The van der Waals surface area contributed by atoms with Gasteiger partial charge in [-0.2, -0.15) is 0 Å². The predicted molar refractivity (Wildman–Crippen MR) is 80.6 cm³/mol. The SMILES string of the molecule is CC(O)CC1CCCCCN1c1ncc(I)cn1. The average molecular weight is 361 g/mol. The van der Waals surface area contributed by atoms with Crippen molar-refractivity contribution in [3.05, 3.63) is 16.0 Å². The van der Waals surface area contributed by atoms with E-state index in [1.54, 1.807) is 0 Å². The van der Waals surface area contributed by atoms with E-state index in [9.17, 15) is 5.11 Å². The number of nitrogens with zero attached hydrogens (tertiary/aromatic N) is 3. The van der Waals surface area contributed by atoms with Gasteiger partial charge >= 0.3 is 0 Å². The van der Waals surface area contributed by atoms with Gasteiger partial charge < -0.3 is 10.0 Å². The van der Waals surface area contributed by atoms with Gasteiger partial charge in [-0.3, -0.25) is 0 Å². The second kappa shape index (κ2) is 6.65. The van der Waals surface area contributed by atoms with Crippen LogP contribution in [0.5, 0.6) is 0 Å². The highest BCUT2D eigenvalue weighted by atomic mass is 127. The Labute approximate surface area is 122 Å². The van der Waals surface area contributed by atoms with Crippen LogP contribution in [-0.4, -0.2) is 33.8 Å². The Morgan fingerprint density at radius 3 is 2.78 bits per heavy atom. The maximum Gasteiger partial charge on any atom is 0.225 e. The van der Waals surface area contributed by atoms with Crippen LogP contribution in [0.25, 0.3) is 0 Å². The highest BCUT2D eigenvalue weighted by Crippen LogP contribution is 2.24. The largest absolute Gasteiger partial charge is 0.393 e. The lowest BCUT2D eigenvalue weighted by Gasteiger charge is -2.30. The minimum Gasteiger partial charge on any atom is -0.393 e. The molecule has 0 saturated carbocycles. The molecule has 0 bridgehead atoms. The van der Waals surface area contributed by atoms with Crippen LogP contribution in [0.15, 0.2) is 12.4 Å². The van der Waals surface area contributed by atoms with Crippen molar-refractivity contribution < 1.29 is 5.11 Å². The Hall–Kier alpha value is -0.430. The van der Waals surface area contributed by atoms with Gasteiger partial charge in [-0.15, -0.1) is 0 Å². The number of aromatic nitrogens is 2. The first-order valence-electron chi connectivity index (χ1n) is 6.59. The summed E-state index contributed by atoms with van der Waals surface area (Å²) in [6, 6.07) is 0.368. The molecular weight excluding hydrogens is 341 g/mol. The van der Waals surface area contributed by atoms with Crippen molar-refractivity contribution in [2.24, 2.45) is 0 Å². The number of rotatable bonds is 3. The van der Waals surface area contributed by atoms with Crippen molar-refractivity contribution >= 4 is 28.5 Å². The number of halogens is 1. The molecule has 1 saturated heterocycles. The molecule has 0 spiro atoms. The van der Waals surface area contributed by atoms with Gasteiger partial charge in [0.25, 0.3) is 0 Å². The molecule has 2 atom stereocenters. The van der Waals surface area contributed by atoms with Crippen molar-refractivity contribution in [3.63, 3.8) is 0 Å². The van der Waals surface area contributed by atoms with Crippen LogP contribution in [0.3, 0.4) is 0 Å². The minimum atomic E-state index is -0.264. The molecule has 1 aromatic heterocycles. The number of anilines is 1. The normalized spacial score (nSPS) is 22.6. The zero-order valence-electron chi connectivity index (χ0n) is 10.7. The van der Waals surface area contributed by atoms with Gasteiger partial charge in [-0.25, -0.2) is 9.97 Å². The lowest BCUT2D eigenvalue weighted by molar-refractivity contribution is 0.171. The molecule has 0 radical (unpaired) electrons. The van der Waals surface area contributed by atoms with E-state index in [4.69, 9.17) is 0 Å². The molecule has 2 rings (SSSR count). The summed E-state index contributed by atoms with van der Waals surface area (Å²) in [5.41, 5.74) is 0. The Balaban J connectivity index is 2.16. The van der Waals surface area contributed by atoms with Crippen LogP contribution in [0, 0.1) is 3.57 Å². The summed E-state index contributed by atoms with van der Waals surface area (Å²) < 4.78 is 1.05. The van der Waals surface area contributed by atoms with Crippen LogP contribution >= 0.6 is 22.6 Å². The fourth-order valence-corrected chi connectivity index (χ4v) is 2.81. The molecule has 2 unspecified atom stereocenters. The Morgan fingerprint density at radius 1 is 1.39 bits per heavy atom. The first-order valence-corrected chi connectivity index (χ1v) is 7.67. The van der Waals surface area contributed by atoms with E-state index in [-0.39, 0.29) is 6.10 Å². The molecule has 1 aromatic rings. The molecule has 5 heteroatoms. The van der Waals surface area contributed by atoms with Crippen LogP contribution in [0.4, 0.5) is 5.95 Å². The fraction of sp³-hybridized carbons (Fsp3) is 0.692. The summed E-state index contributed by atoms with van der Waals surface area (Å²) >= 11 is 2.22. The van der Waals surface area contributed by atoms with E-state index in [1.807, 2.05) is 19.3 Å². The summed E-state index contributed by atoms with van der Waals surface area (Å²) in [4.78, 5) is 11.1. The lowest BCUT2D eigenvalue weighted by Crippen LogP contribution is -2.38. The first kappa shape index (κ1) is 14.0. The average Bonchev–Trinajstić information content (AvgIpc) is 2.55. The van der Waals surface area contributed by atoms with E-state index in [1.165, 1.54) is 19.3 Å². The third-order valence-corrected chi connectivity index (χ3v) is 3.91. The molecule has 4 nitrogen and oxygen atoms in total. The van der Waals surface area contributed by atoms with Gasteiger partial charge in [0.05, 0.1) is 6.10 Å². The van der Waals surface area contributed by atoms with Crippen LogP contribution < -0.4 is 4.90 Å². The molecule has 0 aromatic carbocycles. The monoisotopic (exact) mass is 361 g/mol. The van der Waals surface area contributed by atoms with Gasteiger partial charge in [0, 0.05) is 28.6 Å². The molecule has 100 valence electrons. The van der Waals surface area contributed by atoms with E-state index in [0.717, 1.165) is 28.9 Å². The smallest absolute Gasteiger partial charge is 0.225 e. The standard InChI is InChI=1S/C13H20IN3O/c1-10(18)7-12-5-3-2-4-6-17(12)13-15-8-11(14)9-16-13/h8-10,12,18H,2-7H2,1H3. The zero-order chi connectivity index (χ0) is 13.0. The van der Waals surface area contributed by atoms with Gasteiger partial charge in [0.2, 0.25) is 5.95 Å². The maximum atomic E-state index is 9.64. The third kappa shape index (κ3) is 3.78. The first-order chi connectivity index (χ1) is 8.66. The number of aliphatic hydroxyl groups is 1. The van der Waals surface area contributed by atoms with E-state index in [0.29, 0.717) is 6.04 Å². The Bertz CT molecular complexity index is 369. The Kier molecular flexibility index (Phi) is 5.17. The summed E-state index contributed by atoms with van der Waals surface area (Å²) in [7, 11) is 0. The lowest BCUT2D eigenvalue weighted by atomic mass is 10.0. The molecule has 0 amide bonds. The van der Waals surface area contributed by atoms with Crippen LogP contribution in [-0.2, 0) is 0 Å².